The third kappa shape index (κ3) is 3.47. The van der Waals surface area contributed by atoms with Gasteiger partial charge in [-0.1, -0.05) is 39.0 Å². The topological polar surface area (TPSA) is 96.4 Å². The van der Waals surface area contributed by atoms with Crippen molar-refractivity contribution in [2.45, 2.75) is 52.0 Å². The molecule has 0 bridgehead atoms. The summed E-state index contributed by atoms with van der Waals surface area (Å²) in [7, 11) is 0. The van der Waals surface area contributed by atoms with E-state index >= 15 is 0 Å². The van der Waals surface area contributed by atoms with Crippen molar-refractivity contribution in [3.63, 3.8) is 0 Å². The third-order valence-corrected chi connectivity index (χ3v) is 5.45. The zero-order valence-corrected chi connectivity index (χ0v) is 15.8. The van der Waals surface area contributed by atoms with E-state index in [2.05, 4.69) is 4.98 Å². The highest BCUT2D eigenvalue weighted by molar-refractivity contribution is 5.89. The predicted molar refractivity (Wildman–Crippen MR) is 101 cm³/mol. The number of carbonyl (C=O) groups excluding carboxylic acids is 1. The molecule has 1 aliphatic rings. The molecular formula is C20H25N3O4. The van der Waals surface area contributed by atoms with Gasteiger partial charge < -0.3 is 15.2 Å². The van der Waals surface area contributed by atoms with Crippen LogP contribution in [0.15, 0.2) is 47.4 Å². The molecule has 1 aromatic carbocycles. The SMILES string of the molecule is CCC1OC(n2ccc(N)nc2=O)C(OC(=O)c2ccccc2)C1(C)CC. The quantitative estimate of drug-likeness (QED) is 0.812. The van der Waals surface area contributed by atoms with E-state index in [4.69, 9.17) is 15.2 Å². The van der Waals surface area contributed by atoms with Crippen LogP contribution in [0.5, 0.6) is 0 Å². The molecule has 2 N–H and O–H groups in total. The normalized spacial score (nSPS) is 27.4. The Hall–Kier alpha value is -2.67. The lowest BCUT2D eigenvalue weighted by Crippen LogP contribution is -2.42. The molecule has 0 radical (unpaired) electrons. The average molecular weight is 371 g/mol. The van der Waals surface area contributed by atoms with E-state index in [-0.39, 0.29) is 11.9 Å². The van der Waals surface area contributed by atoms with Crippen molar-refractivity contribution in [1.29, 1.82) is 0 Å². The first-order valence-corrected chi connectivity index (χ1v) is 9.16. The fraction of sp³-hybridized carbons (Fsp3) is 0.450. The molecule has 7 heteroatoms. The number of nitrogen functional groups attached to an aromatic ring is 1. The second kappa shape index (κ2) is 7.52. The number of esters is 1. The van der Waals surface area contributed by atoms with E-state index in [0.717, 1.165) is 12.8 Å². The van der Waals surface area contributed by atoms with E-state index < -0.39 is 29.4 Å². The van der Waals surface area contributed by atoms with Crippen molar-refractivity contribution in [3.8, 4) is 0 Å². The van der Waals surface area contributed by atoms with Crippen LogP contribution >= 0.6 is 0 Å². The van der Waals surface area contributed by atoms with Gasteiger partial charge in [-0.3, -0.25) is 4.57 Å². The van der Waals surface area contributed by atoms with Crippen LogP contribution in [0, 0.1) is 5.41 Å². The Morgan fingerprint density at radius 3 is 2.59 bits per heavy atom. The molecule has 2 heterocycles. The Morgan fingerprint density at radius 2 is 2.00 bits per heavy atom. The van der Waals surface area contributed by atoms with Crippen LogP contribution in [-0.4, -0.2) is 27.7 Å². The molecule has 2 aromatic rings. The first-order chi connectivity index (χ1) is 12.9. The molecule has 1 aliphatic heterocycles. The average Bonchev–Trinajstić information content (AvgIpc) is 2.95. The van der Waals surface area contributed by atoms with E-state index in [1.54, 1.807) is 24.3 Å². The number of nitrogens with zero attached hydrogens (tertiary/aromatic N) is 2. The summed E-state index contributed by atoms with van der Waals surface area (Å²) in [6, 6.07) is 10.3. The van der Waals surface area contributed by atoms with Crippen molar-refractivity contribution in [3.05, 3.63) is 58.6 Å². The van der Waals surface area contributed by atoms with Gasteiger partial charge in [-0.05, 0) is 31.0 Å². The third-order valence-electron chi connectivity index (χ3n) is 5.45. The van der Waals surface area contributed by atoms with Gasteiger partial charge in [-0.2, -0.15) is 4.98 Å². The number of hydrogen-bond acceptors (Lipinski definition) is 6. The van der Waals surface area contributed by atoms with Gasteiger partial charge in [-0.25, -0.2) is 9.59 Å². The Balaban J connectivity index is 2.00. The maximum atomic E-state index is 12.7. The second-order valence-electron chi connectivity index (χ2n) is 7.02. The minimum atomic E-state index is -0.756. The Labute approximate surface area is 158 Å². The van der Waals surface area contributed by atoms with E-state index in [1.165, 1.54) is 16.8 Å². The van der Waals surface area contributed by atoms with Gasteiger partial charge in [0.2, 0.25) is 0 Å². The van der Waals surface area contributed by atoms with Crippen LogP contribution in [0.4, 0.5) is 5.82 Å². The molecule has 0 saturated carbocycles. The van der Waals surface area contributed by atoms with Crippen molar-refractivity contribution in [2.24, 2.45) is 5.41 Å². The maximum absolute atomic E-state index is 12.7. The molecule has 144 valence electrons. The summed E-state index contributed by atoms with van der Waals surface area (Å²) in [5, 5.41) is 0. The number of benzene rings is 1. The van der Waals surface area contributed by atoms with Crippen molar-refractivity contribution >= 4 is 11.8 Å². The lowest BCUT2D eigenvalue weighted by Gasteiger charge is -2.33. The molecule has 7 nitrogen and oxygen atoms in total. The van der Waals surface area contributed by atoms with E-state index in [1.807, 2.05) is 26.8 Å². The van der Waals surface area contributed by atoms with Gasteiger partial charge in [0.15, 0.2) is 12.3 Å². The van der Waals surface area contributed by atoms with Crippen LogP contribution < -0.4 is 11.4 Å². The Bertz CT molecular complexity index is 867. The molecule has 1 saturated heterocycles. The first-order valence-electron chi connectivity index (χ1n) is 9.16. The smallest absolute Gasteiger partial charge is 0.351 e. The molecule has 4 atom stereocenters. The van der Waals surface area contributed by atoms with Gasteiger partial charge in [0.25, 0.3) is 0 Å². The minimum absolute atomic E-state index is 0.136. The molecular weight excluding hydrogens is 346 g/mol. The fourth-order valence-electron chi connectivity index (χ4n) is 3.68. The summed E-state index contributed by atoms with van der Waals surface area (Å²) in [4.78, 5) is 28.9. The van der Waals surface area contributed by atoms with Gasteiger partial charge in [-0.15, -0.1) is 0 Å². The van der Waals surface area contributed by atoms with Gasteiger partial charge in [0, 0.05) is 11.6 Å². The number of rotatable bonds is 5. The van der Waals surface area contributed by atoms with Crippen molar-refractivity contribution in [2.75, 3.05) is 5.73 Å². The second-order valence-corrected chi connectivity index (χ2v) is 7.02. The van der Waals surface area contributed by atoms with Gasteiger partial charge >= 0.3 is 11.7 Å². The number of hydrogen-bond donors (Lipinski definition) is 1. The zero-order chi connectivity index (χ0) is 19.6. The lowest BCUT2D eigenvalue weighted by atomic mass is 9.77. The molecule has 1 fully saturated rings. The molecule has 3 rings (SSSR count). The minimum Gasteiger partial charge on any atom is -0.453 e. The van der Waals surface area contributed by atoms with Crippen LogP contribution in [0.25, 0.3) is 0 Å². The summed E-state index contributed by atoms with van der Waals surface area (Å²) in [5.41, 5.74) is 5.08. The molecule has 4 unspecified atom stereocenters. The molecule has 0 aliphatic carbocycles. The maximum Gasteiger partial charge on any atom is 0.351 e. The molecule has 1 aromatic heterocycles. The largest absolute Gasteiger partial charge is 0.453 e. The monoisotopic (exact) mass is 371 g/mol. The van der Waals surface area contributed by atoms with Crippen molar-refractivity contribution < 1.29 is 14.3 Å². The van der Waals surface area contributed by atoms with Crippen molar-refractivity contribution in [1.82, 2.24) is 9.55 Å². The highest BCUT2D eigenvalue weighted by Crippen LogP contribution is 2.48. The summed E-state index contributed by atoms with van der Waals surface area (Å²) in [5.74, 6) is -0.306. The molecule has 27 heavy (non-hydrogen) atoms. The van der Waals surface area contributed by atoms with Gasteiger partial charge in [0.1, 0.15) is 5.82 Å². The Kier molecular flexibility index (Phi) is 5.32. The first kappa shape index (κ1) is 19.1. The number of nitrogens with two attached hydrogens (primary N) is 1. The predicted octanol–water partition coefficient (Wildman–Crippen LogP) is 2.77. The van der Waals surface area contributed by atoms with Crippen LogP contribution in [-0.2, 0) is 9.47 Å². The van der Waals surface area contributed by atoms with E-state index in [9.17, 15) is 9.59 Å². The van der Waals surface area contributed by atoms with Gasteiger partial charge in [0.05, 0.1) is 11.7 Å². The zero-order valence-electron chi connectivity index (χ0n) is 15.8. The fourth-order valence-corrected chi connectivity index (χ4v) is 3.68. The number of aromatic nitrogens is 2. The summed E-state index contributed by atoms with van der Waals surface area (Å²) >= 11 is 0. The summed E-state index contributed by atoms with van der Waals surface area (Å²) < 4.78 is 13.4. The van der Waals surface area contributed by atoms with E-state index in [0.29, 0.717) is 5.56 Å². The number of ether oxygens (including phenoxy) is 2. The summed E-state index contributed by atoms with van der Waals surface area (Å²) in [6.45, 7) is 6.07. The van der Waals surface area contributed by atoms with Crippen LogP contribution in [0.2, 0.25) is 0 Å². The molecule has 0 spiro atoms. The number of carbonyl (C=O) groups is 1. The highest BCUT2D eigenvalue weighted by atomic mass is 16.6. The Morgan fingerprint density at radius 1 is 1.30 bits per heavy atom. The standard InChI is InChI=1S/C20H25N3O4/c1-4-14-20(3,5-2)16(27-18(24)13-9-7-6-8-10-13)17(26-14)23-12-11-15(21)22-19(23)25/h6-12,14,16-17H,4-5H2,1-3H3,(H2,21,22,25). The molecule has 0 amide bonds. The van der Waals surface area contributed by atoms with Crippen LogP contribution in [0.1, 0.15) is 50.2 Å². The number of anilines is 1. The van der Waals surface area contributed by atoms with Crippen LogP contribution in [0.3, 0.4) is 0 Å². The highest BCUT2D eigenvalue weighted by Gasteiger charge is 2.55. The lowest BCUT2D eigenvalue weighted by molar-refractivity contribution is -0.0517. The summed E-state index contributed by atoms with van der Waals surface area (Å²) in [6.07, 6.45) is 1.44.